The summed E-state index contributed by atoms with van der Waals surface area (Å²) in [4.78, 5) is 26.5. The number of amides is 2. The standard InChI is InChI=1S/C24H28ClN5O2S/c1-5-29(14-21(31)26-16(2)3)22(32)15-33-24-28-27-23(18-8-6-17(4)7-9-18)30(24)20-12-10-19(25)11-13-20/h6-13,16H,5,14-15H2,1-4H3,(H,26,31). The van der Waals surface area contributed by atoms with Crippen LogP contribution in [-0.2, 0) is 9.59 Å². The fraction of sp³-hybridized carbons (Fsp3) is 0.333. The van der Waals surface area contributed by atoms with Gasteiger partial charge in [-0.2, -0.15) is 0 Å². The van der Waals surface area contributed by atoms with Gasteiger partial charge >= 0.3 is 0 Å². The summed E-state index contributed by atoms with van der Waals surface area (Å²) >= 11 is 7.38. The summed E-state index contributed by atoms with van der Waals surface area (Å²) < 4.78 is 1.92. The number of nitrogens with one attached hydrogen (secondary N) is 1. The minimum Gasteiger partial charge on any atom is -0.352 e. The van der Waals surface area contributed by atoms with Crippen LogP contribution in [0, 0.1) is 6.92 Å². The van der Waals surface area contributed by atoms with E-state index in [0.717, 1.165) is 16.8 Å². The van der Waals surface area contributed by atoms with Crippen LogP contribution in [0.4, 0.5) is 0 Å². The van der Waals surface area contributed by atoms with Gasteiger partial charge in [0, 0.05) is 28.9 Å². The van der Waals surface area contributed by atoms with Crippen LogP contribution in [0.5, 0.6) is 0 Å². The highest BCUT2D eigenvalue weighted by Gasteiger charge is 2.20. The molecule has 0 aliphatic carbocycles. The Morgan fingerprint density at radius 3 is 2.36 bits per heavy atom. The molecule has 0 radical (unpaired) electrons. The van der Waals surface area contributed by atoms with Crippen LogP contribution in [0.1, 0.15) is 26.3 Å². The van der Waals surface area contributed by atoms with E-state index < -0.39 is 0 Å². The number of hydrogen-bond donors (Lipinski definition) is 1. The van der Waals surface area contributed by atoms with E-state index in [1.165, 1.54) is 16.7 Å². The number of benzene rings is 2. The Kier molecular flexibility index (Phi) is 8.52. The number of carbonyl (C=O) groups excluding carboxylic acids is 2. The Labute approximate surface area is 203 Å². The van der Waals surface area contributed by atoms with E-state index in [9.17, 15) is 9.59 Å². The third-order valence-electron chi connectivity index (χ3n) is 4.87. The Hall–Kier alpha value is -2.84. The summed E-state index contributed by atoms with van der Waals surface area (Å²) in [6, 6.07) is 15.5. The number of halogens is 1. The quantitative estimate of drug-likeness (QED) is 0.455. The summed E-state index contributed by atoms with van der Waals surface area (Å²) in [5, 5.41) is 12.8. The van der Waals surface area contributed by atoms with Crippen molar-refractivity contribution in [1.29, 1.82) is 0 Å². The van der Waals surface area contributed by atoms with Gasteiger partial charge in [0.25, 0.3) is 0 Å². The van der Waals surface area contributed by atoms with Crippen LogP contribution in [0.25, 0.3) is 17.1 Å². The number of likely N-dealkylation sites (N-methyl/N-ethyl adjacent to an activating group) is 1. The summed E-state index contributed by atoms with van der Waals surface area (Å²) in [5.41, 5.74) is 2.91. The molecule has 33 heavy (non-hydrogen) atoms. The van der Waals surface area contributed by atoms with Gasteiger partial charge in [0.15, 0.2) is 11.0 Å². The highest BCUT2D eigenvalue weighted by Crippen LogP contribution is 2.29. The predicted octanol–water partition coefficient (Wildman–Crippen LogP) is 4.36. The molecule has 2 aromatic carbocycles. The first-order valence-electron chi connectivity index (χ1n) is 10.8. The molecular weight excluding hydrogens is 458 g/mol. The van der Waals surface area contributed by atoms with Gasteiger partial charge in [-0.15, -0.1) is 10.2 Å². The van der Waals surface area contributed by atoms with E-state index in [1.807, 2.05) is 80.8 Å². The Morgan fingerprint density at radius 2 is 1.76 bits per heavy atom. The van der Waals surface area contributed by atoms with Gasteiger partial charge in [-0.05, 0) is 52.0 Å². The largest absolute Gasteiger partial charge is 0.352 e. The summed E-state index contributed by atoms with van der Waals surface area (Å²) in [5.74, 6) is 0.513. The number of aromatic nitrogens is 3. The second kappa shape index (κ2) is 11.3. The van der Waals surface area contributed by atoms with Crippen LogP contribution in [0.2, 0.25) is 5.02 Å². The maximum Gasteiger partial charge on any atom is 0.239 e. The average molecular weight is 486 g/mol. The molecule has 0 spiro atoms. The molecule has 3 rings (SSSR count). The first-order chi connectivity index (χ1) is 15.8. The lowest BCUT2D eigenvalue weighted by molar-refractivity contribution is -0.134. The number of aryl methyl sites for hydroxylation is 1. The third kappa shape index (κ3) is 6.58. The van der Waals surface area contributed by atoms with Crippen molar-refractivity contribution in [3.63, 3.8) is 0 Å². The number of thioether (sulfide) groups is 1. The topological polar surface area (TPSA) is 80.1 Å². The van der Waals surface area contributed by atoms with Gasteiger partial charge in [-0.1, -0.05) is 53.2 Å². The molecule has 0 unspecified atom stereocenters. The predicted molar refractivity (Wildman–Crippen MR) is 133 cm³/mol. The van der Waals surface area contributed by atoms with Crippen molar-refractivity contribution in [3.05, 3.63) is 59.1 Å². The van der Waals surface area contributed by atoms with Crippen molar-refractivity contribution in [2.45, 2.75) is 38.9 Å². The molecule has 9 heteroatoms. The molecule has 174 valence electrons. The van der Waals surface area contributed by atoms with Crippen LogP contribution >= 0.6 is 23.4 Å². The lowest BCUT2D eigenvalue weighted by Crippen LogP contribution is -2.43. The number of carbonyl (C=O) groups is 2. The normalized spacial score (nSPS) is 11.0. The first-order valence-corrected chi connectivity index (χ1v) is 12.1. The number of nitrogens with zero attached hydrogens (tertiary/aromatic N) is 4. The first kappa shape index (κ1) is 24.8. The molecule has 0 aliphatic heterocycles. The smallest absolute Gasteiger partial charge is 0.239 e. The van der Waals surface area contributed by atoms with Crippen molar-refractivity contribution in [3.8, 4) is 17.1 Å². The molecular formula is C24H28ClN5O2S. The van der Waals surface area contributed by atoms with E-state index in [4.69, 9.17) is 11.6 Å². The molecule has 1 N–H and O–H groups in total. The van der Waals surface area contributed by atoms with E-state index in [1.54, 1.807) is 0 Å². The molecule has 0 atom stereocenters. The Balaban J connectivity index is 1.84. The maximum atomic E-state index is 12.8. The molecule has 0 bridgehead atoms. The Morgan fingerprint density at radius 1 is 1.09 bits per heavy atom. The minimum absolute atomic E-state index is 0.0267. The van der Waals surface area contributed by atoms with E-state index in [-0.39, 0.29) is 30.2 Å². The zero-order valence-electron chi connectivity index (χ0n) is 19.2. The highest BCUT2D eigenvalue weighted by atomic mass is 35.5. The van der Waals surface area contributed by atoms with Crippen LogP contribution in [0.3, 0.4) is 0 Å². The second-order valence-corrected chi connectivity index (χ2v) is 9.28. The Bertz CT molecular complexity index is 1100. The zero-order chi connectivity index (χ0) is 24.0. The van der Waals surface area contributed by atoms with Crippen molar-refractivity contribution in [1.82, 2.24) is 25.0 Å². The molecule has 2 amide bonds. The molecule has 0 aliphatic rings. The SMILES string of the molecule is CCN(CC(=O)NC(C)C)C(=O)CSc1nnc(-c2ccc(C)cc2)n1-c1ccc(Cl)cc1. The third-order valence-corrected chi connectivity index (χ3v) is 6.04. The van der Waals surface area contributed by atoms with E-state index >= 15 is 0 Å². The summed E-state index contributed by atoms with van der Waals surface area (Å²) in [7, 11) is 0. The lowest BCUT2D eigenvalue weighted by atomic mass is 10.1. The second-order valence-electron chi connectivity index (χ2n) is 7.90. The van der Waals surface area contributed by atoms with Gasteiger partial charge in [0.1, 0.15) is 0 Å². The molecule has 1 aromatic heterocycles. The van der Waals surface area contributed by atoms with E-state index in [2.05, 4.69) is 15.5 Å². The van der Waals surface area contributed by atoms with Crippen LogP contribution < -0.4 is 5.32 Å². The van der Waals surface area contributed by atoms with Gasteiger partial charge in [0.05, 0.1) is 12.3 Å². The van der Waals surface area contributed by atoms with E-state index in [0.29, 0.717) is 22.5 Å². The van der Waals surface area contributed by atoms with Gasteiger partial charge in [-0.25, -0.2) is 0 Å². The number of hydrogen-bond acceptors (Lipinski definition) is 5. The molecule has 0 saturated heterocycles. The molecule has 0 saturated carbocycles. The average Bonchev–Trinajstić information content (AvgIpc) is 3.20. The molecule has 0 fully saturated rings. The van der Waals surface area contributed by atoms with Gasteiger partial charge in [0.2, 0.25) is 11.8 Å². The van der Waals surface area contributed by atoms with Crippen molar-refractivity contribution in [2.75, 3.05) is 18.8 Å². The fourth-order valence-corrected chi connectivity index (χ4v) is 4.19. The number of rotatable bonds is 9. The van der Waals surface area contributed by atoms with Crippen molar-refractivity contribution >= 4 is 35.2 Å². The highest BCUT2D eigenvalue weighted by molar-refractivity contribution is 7.99. The lowest BCUT2D eigenvalue weighted by Gasteiger charge is -2.21. The maximum absolute atomic E-state index is 12.8. The molecule has 7 nitrogen and oxygen atoms in total. The van der Waals surface area contributed by atoms with Crippen molar-refractivity contribution in [2.24, 2.45) is 0 Å². The van der Waals surface area contributed by atoms with Crippen molar-refractivity contribution < 1.29 is 9.59 Å². The van der Waals surface area contributed by atoms with Crippen LogP contribution in [-0.4, -0.2) is 56.4 Å². The van der Waals surface area contributed by atoms with Gasteiger partial charge < -0.3 is 10.2 Å². The molecule has 1 heterocycles. The van der Waals surface area contributed by atoms with Crippen LogP contribution in [0.15, 0.2) is 53.7 Å². The minimum atomic E-state index is -0.170. The summed E-state index contributed by atoms with van der Waals surface area (Å²) in [6.07, 6.45) is 0. The fourth-order valence-electron chi connectivity index (χ4n) is 3.21. The molecule has 3 aromatic rings. The monoisotopic (exact) mass is 485 g/mol. The van der Waals surface area contributed by atoms with Gasteiger partial charge in [-0.3, -0.25) is 14.2 Å². The summed E-state index contributed by atoms with van der Waals surface area (Å²) in [6.45, 7) is 8.15. The zero-order valence-corrected chi connectivity index (χ0v) is 20.8.